The van der Waals surface area contributed by atoms with Crippen LogP contribution in [-0.4, -0.2) is 5.11 Å². The molecular formula is C22H15NOS. The Hall–Kier alpha value is -3.22. The molecule has 3 heteroatoms. The zero-order valence-corrected chi connectivity index (χ0v) is 14.2. The zero-order chi connectivity index (χ0) is 17.4. The second kappa shape index (κ2) is 6.01. The summed E-state index contributed by atoms with van der Waals surface area (Å²) in [6, 6.07) is 15.5. The number of fused-ring (bicyclic) bond motifs is 1. The first kappa shape index (κ1) is 15.3. The van der Waals surface area contributed by atoms with Gasteiger partial charge in [-0.1, -0.05) is 55.0 Å². The molecular weight excluding hydrogens is 326 g/mol. The highest BCUT2D eigenvalue weighted by molar-refractivity contribution is 7.15. The minimum absolute atomic E-state index is 0.282. The number of hydrogen-bond donors (Lipinski definition) is 2. The van der Waals surface area contributed by atoms with Crippen molar-refractivity contribution in [2.24, 2.45) is 0 Å². The van der Waals surface area contributed by atoms with Gasteiger partial charge in [-0.3, -0.25) is 0 Å². The molecule has 0 fully saturated rings. The summed E-state index contributed by atoms with van der Waals surface area (Å²) in [7, 11) is 0. The number of phenols is 1. The molecule has 1 aliphatic heterocycles. The fourth-order valence-corrected chi connectivity index (χ4v) is 3.98. The Morgan fingerprint density at radius 3 is 2.36 bits per heavy atom. The van der Waals surface area contributed by atoms with Crippen LogP contribution in [0.15, 0.2) is 72.3 Å². The van der Waals surface area contributed by atoms with Crippen molar-refractivity contribution in [1.82, 2.24) is 0 Å². The van der Waals surface area contributed by atoms with Gasteiger partial charge in [0.2, 0.25) is 0 Å². The fraction of sp³-hybridized carbons (Fsp3) is 0. The first-order valence-corrected chi connectivity index (χ1v) is 8.70. The molecule has 2 N–H and O–H groups in total. The summed E-state index contributed by atoms with van der Waals surface area (Å²) in [6.45, 7) is 4.17. The van der Waals surface area contributed by atoms with Crippen LogP contribution < -0.4 is 5.32 Å². The molecule has 0 bridgehead atoms. The van der Waals surface area contributed by atoms with Gasteiger partial charge in [0.25, 0.3) is 0 Å². The Balaban J connectivity index is 1.74. The van der Waals surface area contributed by atoms with E-state index in [-0.39, 0.29) is 5.75 Å². The van der Waals surface area contributed by atoms with Crippen LogP contribution in [0, 0.1) is 12.3 Å². The van der Waals surface area contributed by atoms with Crippen LogP contribution in [0.3, 0.4) is 0 Å². The number of rotatable bonds is 2. The van der Waals surface area contributed by atoms with Gasteiger partial charge in [0.1, 0.15) is 10.8 Å². The van der Waals surface area contributed by atoms with Crippen molar-refractivity contribution in [3.05, 3.63) is 77.8 Å². The fourth-order valence-electron chi connectivity index (χ4n) is 3.01. The van der Waals surface area contributed by atoms with Crippen molar-refractivity contribution in [1.29, 1.82) is 0 Å². The largest absolute Gasteiger partial charge is 0.507 e. The van der Waals surface area contributed by atoms with E-state index in [4.69, 9.17) is 6.42 Å². The van der Waals surface area contributed by atoms with Crippen molar-refractivity contribution in [2.45, 2.75) is 0 Å². The van der Waals surface area contributed by atoms with Crippen LogP contribution in [0.5, 0.6) is 5.75 Å². The zero-order valence-electron chi connectivity index (χ0n) is 13.4. The average Bonchev–Trinajstić information content (AvgIpc) is 3.08. The van der Waals surface area contributed by atoms with E-state index in [9.17, 15) is 5.11 Å². The molecule has 1 aliphatic rings. The topological polar surface area (TPSA) is 32.3 Å². The molecule has 0 saturated heterocycles. The van der Waals surface area contributed by atoms with E-state index in [2.05, 4.69) is 35.3 Å². The van der Waals surface area contributed by atoms with Crippen LogP contribution in [0.1, 0.15) is 5.56 Å². The van der Waals surface area contributed by atoms with E-state index < -0.39 is 0 Å². The lowest BCUT2D eigenvalue weighted by molar-refractivity contribution is 0.477. The van der Waals surface area contributed by atoms with Crippen molar-refractivity contribution in [3.8, 4) is 40.3 Å². The molecule has 0 unspecified atom stereocenters. The van der Waals surface area contributed by atoms with Gasteiger partial charge < -0.3 is 10.4 Å². The van der Waals surface area contributed by atoms with E-state index in [1.165, 1.54) is 0 Å². The van der Waals surface area contributed by atoms with Crippen LogP contribution >= 0.6 is 11.3 Å². The predicted octanol–water partition coefficient (Wildman–Crippen LogP) is 5.74. The monoisotopic (exact) mass is 341 g/mol. The molecule has 0 aliphatic carbocycles. The third kappa shape index (κ3) is 2.53. The molecule has 0 radical (unpaired) electrons. The Kier molecular flexibility index (Phi) is 3.68. The number of hydrogen-bond acceptors (Lipinski definition) is 3. The molecule has 1 aromatic heterocycles. The van der Waals surface area contributed by atoms with Gasteiger partial charge in [-0.15, -0.1) is 17.8 Å². The highest BCUT2D eigenvalue weighted by atomic mass is 32.1. The van der Waals surface area contributed by atoms with Crippen molar-refractivity contribution in [2.75, 3.05) is 5.32 Å². The van der Waals surface area contributed by atoms with Gasteiger partial charge in [0.15, 0.2) is 0 Å². The maximum Gasteiger partial charge on any atom is 0.123 e. The maximum absolute atomic E-state index is 10.0. The summed E-state index contributed by atoms with van der Waals surface area (Å²) >= 11 is 1.64. The molecule has 3 aromatic rings. The van der Waals surface area contributed by atoms with Crippen LogP contribution in [0.25, 0.3) is 27.8 Å². The van der Waals surface area contributed by atoms with Crippen molar-refractivity contribution < 1.29 is 5.11 Å². The number of para-hydroxylation sites is 1. The number of terminal acetylenes is 1. The molecule has 2 nitrogen and oxygen atoms in total. The second-order valence-corrected chi connectivity index (χ2v) is 6.65. The molecule has 2 aromatic carbocycles. The third-order valence-electron chi connectivity index (χ3n) is 4.33. The Morgan fingerprint density at radius 1 is 1.00 bits per heavy atom. The molecule has 0 spiro atoms. The van der Waals surface area contributed by atoms with Crippen LogP contribution in [-0.2, 0) is 0 Å². The quantitative estimate of drug-likeness (QED) is 0.582. The van der Waals surface area contributed by atoms with Gasteiger partial charge >= 0.3 is 0 Å². The minimum Gasteiger partial charge on any atom is -0.507 e. The number of benzene rings is 2. The van der Waals surface area contributed by atoms with Gasteiger partial charge in [0.05, 0.1) is 0 Å². The van der Waals surface area contributed by atoms with E-state index in [0.29, 0.717) is 0 Å². The Labute approximate surface area is 150 Å². The summed E-state index contributed by atoms with van der Waals surface area (Å²) in [5.74, 6) is 2.96. The first-order chi connectivity index (χ1) is 12.2. The summed E-state index contributed by atoms with van der Waals surface area (Å²) in [6.07, 6.45) is 7.39. The lowest BCUT2D eigenvalue weighted by Gasteiger charge is -2.16. The smallest absolute Gasteiger partial charge is 0.123 e. The number of allylic oxidation sites excluding steroid dienone is 2. The normalized spacial score (nSPS) is 12.8. The number of anilines is 1. The second-order valence-electron chi connectivity index (χ2n) is 5.77. The van der Waals surface area contributed by atoms with E-state index in [1.807, 2.05) is 36.5 Å². The molecule has 120 valence electrons. The predicted molar refractivity (Wildman–Crippen MR) is 106 cm³/mol. The number of phenolic OH excluding ortho intramolecular Hbond substituents is 1. The standard InChI is InChI=1S/C22H15NOS/c1-3-15-12-23-22-21(14(15)2)19(13-25-22)17-10-8-16(9-11-17)18-6-4-5-7-20(18)24/h1,4-13,23-24H,2H2. The first-order valence-electron chi connectivity index (χ1n) is 7.82. The Bertz CT molecular complexity index is 1050. The highest BCUT2D eigenvalue weighted by Crippen LogP contribution is 2.44. The van der Waals surface area contributed by atoms with E-state index in [0.717, 1.165) is 44.0 Å². The van der Waals surface area contributed by atoms with Gasteiger partial charge in [-0.2, -0.15) is 0 Å². The van der Waals surface area contributed by atoms with Gasteiger partial charge in [0, 0.05) is 33.8 Å². The number of thiophene rings is 1. The van der Waals surface area contributed by atoms with Gasteiger partial charge in [-0.25, -0.2) is 0 Å². The van der Waals surface area contributed by atoms with E-state index >= 15 is 0 Å². The molecule has 25 heavy (non-hydrogen) atoms. The summed E-state index contributed by atoms with van der Waals surface area (Å²) in [5.41, 5.74) is 6.73. The van der Waals surface area contributed by atoms with Crippen LogP contribution in [0.4, 0.5) is 5.00 Å². The lowest BCUT2D eigenvalue weighted by Crippen LogP contribution is -2.01. The lowest BCUT2D eigenvalue weighted by atomic mass is 9.92. The summed E-state index contributed by atoms with van der Waals surface area (Å²) in [4.78, 5) is 0. The maximum atomic E-state index is 10.0. The van der Waals surface area contributed by atoms with Crippen LogP contribution in [0.2, 0.25) is 0 Å². The number of nitrogens with one attached hydrogen (secondary N) is 1. The molecule has 4 rings (SSSR count). The SMILES string of the molecule is C#CC1=CNc2scc(-c3ccc(-c4ccccc4O)cc3)c2C1=C. The van der Waals surface area contributed by atoms with Crippen molar-refractivity contribution in [3.63, 3.8) is 0 Å². The summed E-state index contributed by atoms with van der Waals surface area (Å²) in [5, 5.41) is 16.4. The summed E-state index contributed by atoms with van der Waals surface area (Å²) < 4.78 is 0. The molecule has 0 saturated carbocycles. The minimum atomic E-state index is 0.282. The molecule has 2 heterocycles. The Morgan fingerprint density at radius 2 is 1.68 bits per heavy atom. The van der Waals surface area contributed by atoms with Crippen molar-refractivity contribution >= 4 is 21.9 Å². The van der Waals surface area contributed by atoms with E-state index in [1.54, 1.807) is 17.4 Å². The van der Waals surface area contributed by atoms with Gasteiger partial charge in [-0.05, 0) is 22.8 Å². The number of aromatic hydroxyl groups is 1. The average molecular weight is 341 g/mol. The highest BCUT2D eigenvalue weighted by Gasteiger charge is 2.20. The molecule has 0 amide bonds. The molecule has 0 atom stereocenters. The third-order valence-corrected chi connectivity index (χ3v) is 5.24.